The van der Waals surface area contributed by atoms with Crippen molar-refractivity contribution >= 4 is 0 Å². The van der Waals surface area contributed by atoms with Gasteiger partial charge < -0.3 is 10.2 Å². The van der Waals surface area contributed by atoms with E-state index >= 15 is 0 Å². The minimum absolute atomic E-state index is 0.0972. The molecule has 0 aliphatic carbocycles. The van der Waals surface area contributed by atoms with Crippen LogP contribution in [0.15, 0.2) is 0 Å². The molecule has 0 spiro atoms. The second-order valence-electron chi connectivity index (χ2n) is 4.96. The summed E-state index contributed by atoms with van der Waals surface area (Å²) in [5.41, 5.74) is -0.817. The van der Waals surface area contributed by atoms with Gasteiger partial charge in [-0.1, -0.05) is 65.2 Å². The Bertz CT molecular complexity index is 142. The van der Waals surface area contributed by atoms with E-state index in [0.29, 0.717) is 6.42 Å². The lowest BCUT2D eigenvalue weighted by Crippen LogP contribution is -2.32. The van der Waals surface area contributed by atoms with Gasteiger partial charge in [-0.3, -0.25) is 0 Å². The molecule has 0 bridgehead atoms. The zero-order chi connectivity index (χ0) is 12.3. The smallest absolute Gasteiger partial charge is 0.0874 e. The summed E-state index contributed by atoms with van der Waals surface area (Å²) in [5, 5.41) is 18.9. The van der Waals surface area contributed by atoms with E-state index in [-0.39, 0.29) is 6.61 Å². The number of aliphatic hydroxyl groups is 2. The summed E-state index contributed by atoms with van der Waals surface area (Å²) in [6, 6.07) is 0. The molecule has 2 nitrogen and oxygen atoms in total. The molecule has 2 N–H and O–H groups in total. The van der Waals surface area contributed by atoms with Gasteiger partial charge in [0.05, 0.1) is 12.2 Å². The molecule has 0 rings (SSSR count). The molecule has 0 fully saturated rings. The van der Waals surface area contributed by atoms with E-state index in [1.54, 1.807) is 0 Å². The van der Waals surface area contributed by atoms with Gasteiger partial charge in [0.15, 0.2) is 0 Å². The van der Waals surface area contributed by atoms with Crippen LogP contribution in [0.3, 0.4) is 0 Å². The second-order valence-corrected chi connectivity index (χ2v) is 4.96. The Labute approximate surface area is 101 Å². The lowest BCUT2D eigenvalue weighted by molar-refractivity contribution is -0.0259. The minimum Gasteiger partial charge on any atom is -0.393 e. The van der Waals surface area contributed by atoms with Gasteiger partial charge in [0, 0.05) is 0 Å². The molecule has 0 aromatic carbocycles. The Morgan fingerprint density at radius 1 is 0.812 bits per heavy atom. The summed E-state index contributed by atoms with van der Waals surface area (Å²) in [6.45, 7) is 4.07. The van der Waals surface area contributed by atoms with Gasteiger partial charge in [-0.05, 0) is 12.8 Å². The molecule has 0 saturated carbocycles. The standard InChI is InChI=1S/C14H30O2/c1-3-5-6-7-8-9-10-11-12-14(16,4-2)13-15/h15-16H,3-13H2,1-2H3. The van der Waals surface area contributed by atoms with Crippen molar-refractivity contribution in [2.75, 3.05) is 6.61 Å². The van der Waals surface area contributed by atoms with Crippen LogP contribution in [-0.2, 0) is 0 Å². The van der Waals surface area contributed by atoms with Crippen LogP contribution in [0.5, 0.6) is 0 Å². The summed E-state index contributed by atoms with van der Waals surface area (Å²) < 4.78 is 0. The largest absolute Gasteiger partial charge is 0.393 e. The van der Waals surface area contributed by atoms with E-state index in [4.69, 9.17) is 5.11 Å². The van der Waals surface area contributed by atoms with E-state index in [1.165, 1.54) is 44.9 Å². The highest BCUT2D eigenvalue weighted by Gasteiger charge is 2.22. The van der Waals surface area contributed by atoms with Gasteiger partial charge in [-0.2, -0.15) is 0 Å². The molecular weight excluding hydrogens is 200 g/mol. The van der Waals surface area contributed by atoms with Crippen LogP contribution in [0, 0.1) is 0 Å². The third-order valence-electron chi connectivity index (χ3n) is 3.45. The molecule has 2 heteroatoms. The highest BCUT2D eigenvalue weighted by Crippen LogP contribution is 2.19. The highest BCUT2D eigenvalue weighted by molar-refractivity contribution is 4.74. The van der Waals surface area contributed by atoms with Crippen molar-refractivity contribution in [3.05, 3.63) is 0 Å². The Morgan fingerprint density at radius 2 is 1.31 bits per heavy atom. The van der Waals surface area contributed by atoms with Crippen molar-refractivity contribution in [2.24, 2.45) is 0 Å². The van der Waals surface area contributed by atoms with Crippen LogP contribution < -0.4 is 0 Å². The molecule has 16 heavy (non-hydrogen) atoms. The van der Waals surface area contributed by atoms with Crippen LogP contribution in [0.2, 0.25) is 0 Å². The fraction of sp³-hybridized carbons (Fsp3) is 1.00. The van der Waals surface area contributed by atoms with Crippen LogP contribution in [0.4, 0.5) is 0 Å². The Balaban J connectivity index is 3.26. The molecule has 1 unspecified atom stereocenters. The Kier molecular flexibility index (Phi) is 10.0. The predicted octanol–water partition coefficient (Wildman–Crippen LogP) is 3.65. The predicted molar refractivity (Wildman–Crippen MR) is 69.6 cm³/mol. The average Bonchev–Trinajstić information content (AvgIpc) is 2.32. The van der Waals surface area contributed by atoms with E-state index in [9.17, 15) is 5.11 Å². The first-order valence-corrected chi connectivity index (χ1v) is 7.01. The molecule has 0 amide bonds. The van der Waals surface area contributed by atoms with Gasteiger partial charge in [-0.15, -0.1) is 0 Å². The van der Waals surface area contributed by atoms with E-state index < -0.39 is 5.60 Å². The fourth-order valence-electron chi connectivity index (χ4n) is 1.96. The van der Waals surface area contributed by atoms with E-state index in [1.807, 2.05) is 6.92 Å². The summed E-state index contributed by atoms with van der Waals surface area (Å²) in [5.74, 6) is 0. The van der Waals surface area contributed by atoms with Crippen molar-refractivity contribution in [1.82, 2.24) is 0 Å². The first-order chi connectivity index (χ1) is 7.68. The van der Waals surface area contributed by atoms with Gasteiger partial charge in [0.25, 0.3) is 0 Å². The highest BCUT2D eigenvalue weighted by atomic mass is 16.3. The third kappa shape index (κ3) is 8.12. The maximum atomic E-state index is 9.85. The van der Waals surface area contributed by atoms with Crippen molar-refractivity contribution in [1.29, 1.82) is 0 Å². The number of hydrogen-bond acceptors (Lipinski definition) is 2. The lowest BCUT2D eigenvalue weighted by atomic mass is 9.94. The summed E-state index contributed by atoms with van der Waals surface area (Å²) in [7, 11) is 0. The molecule has 0 aromatic heterocycles. The molecule has 1 atom stereocenters. The average molecular weight is 230 g/mol. The monoisotopic (exact) mass is 230 g/mol. The Morgan fingerprint density at radius 3 is 1.75 bits per heavy atom. The van der Waals surface area contributed by atoms with Gasteiger partial charge >= 0.3 is 0 Å². The SMILES string of the molecule is CCCCCCCCCCC(O)(CC)CO. The van der Waals surface area contributed by atoms with E-state index in [2.05, 4.69) is 6.92 Å². The number of aliphatic hydroxyl groups excluding tert-OH is 1. The summed E-state index contributed by atoms with van der Waals surface area (Å²) in [4.78, 5) is 0. The van der Waals surface area contributed by atoms with Crippen LogP contribution >= 0.6 is 0 Å². The molecule has 0 aliphatic rings. The topological polar surface area (TPSA) is 40.5 Å². The zero-order valence-corrected chi connectivity index (χ0v) is 11.2. The maximum absolute atomic E-state index is 9.85. The normalized spacial score (nSPS) is 15.0. The zero-order valence-electron chi connectivity index (χ0n) is 11.2. The third-order valence-corrected chi connectivity index (χ3v) is 3.45. The number of hydrogen-bond donors (Lipinski definition) is 2. The maximum Gasteiger partial charge on any atom is 0.0874 e. The first kappa shape index (κ1) is 15.9. The van der Waals surface area contributed by atoms with Crippen molar-refractivity contribution in [3.8, 4) is 0 Å². The van der Waals surface area contributed by atoms with E-state index in [0.717, 1.165) is 12.8 Å². The molecular formula is C14H30O2. The van der Waals surface area contributed by atoms with Crippen LogP contribution in [-0.4, -0.2) is 22.4 Å². The summed E-state index contributed by atoms with van der Waals surface area (Å²) >= 11 is 0. The second kappa shape index (κ2) is 10.1. The summed E-state index contributed by atoms with van der Waals surface area (Å²) in [6.07, 6.45) is 11.6. The first-order valence-electron chi connectivity index (χ1n) is 7.01. The van der Waals surface area contributed by atoms with Crippen LogP contribution in [0.25, 0.3) is 0 Å². The van der Waals surface area contributed by atoms with Crippen molar-refractivity contribution in [2.45, 2.75) is 83.7 Å². The molecule has 0 saturated heterocycles. The lowest BCUT2D eigenvalue weighted by Gasteiger charge is -2.23. The number of rotatable bonds is 11. The molecule has 98 valence electrons. The van der Waals surface area contributed by atoms with Crippen molar-refractivity contribution in [3.63, 3.8) is 0 Å². The quantitative estimate of drug-likeness (QED) is 0.532. The van der Waals surface area contributed by atoms with Gasteiger partial charge in [0.2, 0.25) is 0 Å². The Hall–Kier alpha value is -0.0800. The van der Waals surface area contributed by atoms with Gasteiger partial charge in [-0.25, -0.2) is 0 Å². The molecule has 0 aliphatic heterocycles. The van der Waals surface area contributed by atoms with Crippen molar-refractivity contribution < 1.29 is 10.2 Å². The molecule has 0 aromatic rings. The molecule has 0 radical (unpaired) electrons. The van der Waals surface area contributed by atoms with Gasteiger partial charge in [0.1, 0.15) is 0 Å². The molecule has 0 heterocycles. The van der Waals surface area contributed by atoms with Crippen LogP contribution in [0.1, 0.15) is 78.1 Å². The minimum atomic E-state index is -0.817. The number of unbranched alkanes of at least 4 members (excludes halogenated alkanes) is 7. The fourth-order valence-corrected chi connectivity index (χ4v) is 1.96.